The number of carbonyl (C=O) groups excluding carboxylic acids is 2. The van der Waals surface area contributed by atoms with Crippen molar-refractivity contribution in [1.82, 2.24) is 9.78 Å². The van der Waals surface area contributed by atoms with E-state index in [0.29, 0.717) is 5.56 Å². The number of anilines is 1. The molecule has 1 N–H and O–H groups in total. The molecule has 22 heavy (non-hydrogen) atoms. The van der Waals surface area contributed by atoms with Gasteiger partial charge < -0.3 is 5.32 Å². The van der Waals surface area contributed by atoms with Crippen LogP contribution in [-0.4, -0.2) is 21.6 Å². The normalized spacial score (nSPS) is 14.0. The minimum absolute atomic E-state index is 0.0632. The fraction of sp³-hybridized carbons (Fsp3) is 0.353. The molecule has 1 fully saturated rings. The van der Waals surface area contributed by atoms with Crippen molar-refractivity contribution in [3.8, 4) is 0 Å². The quantitative estimate of drug-likeness (QED) is 0.947. The van der Waals surface area contributed by atoms with Gasteiger partial charge in [-0.25, -0.2) is 4.68 Å². The number of nitrogens with zero attached hydrogens (tertiary/aromatic N) is 2. The number of nitrogens with one attached hydrogen (secondary N) is 1. The molecule has 2 aromatic rings. The number of hydrogen-bond donors (Lipinski definition) is 1. The monoisotopic (exact) mass is 297 g/mol. The molecule has 5 heteroatoms. The van der Waals surface area contributed by atoms with E-state index in [0.717, 1.165) is 35.5 Å². The molecule has 0 bridgehead atoms. The first-order valence-electron chi connectivity index (χ1n) is 7.46. The first-order valence-corrected chi connectivity index (χ1v) is 7.46. The molecular formula is C17H19N3O2. The molecule has 0 saturated heterocycles. The third-order valence-corrected chi connectivity index (χ3v) is 4.19. The largest absolute Gasteiger partial charge is 0.326 e. The zero-order valence-electron chi connectivity index (χ0n) is 13.0. The van der Waals surface area contributed by atoms with Crippen LogP contribution in [0.2, 0.25) is 0 Å². The van der Waals surface area contributed by atoms with E-state index in [4.69, 9.17) is 0 Å². The molecule has 5 nitrogen and oxygen atoms in total. The van der Waals surface area contributed by atoms with Crippen LogP contribution in [0, 0.1) is 26.7 Å². The van der Waals surface area contributed by atoms with E-state index in [-0.39, 0.29) is 17.7 Å². The summed E-state index contributed by atoms with van der Waals surface area (Å²) < 4.78 is 1.43. The van der Waals surface area contributed by atoms with Crippen molar-refractivity contribution in [3.63, 3.8) is 0 Å². The van der Waals surface area contributed by atoms with Crippen LogP contribution >= 0.6 is 0 Å². The summed E-state index contributed by atoms with van der Waals surface area (Å²) in [5.41, 5.74) is 4.02. The Morgan fingerprint density at radius 3 is 2.27 bits per heavy atom. The lowest BCUT2D eigenvalue weighted by Crippen LogP contribution is -2.16. The van der Waals surface area contributed by atoms with E-state index in [1.165, 1.54) is 4.68 Å². The second kappa shape index (κ2) is 5.40. The van der Waals surface area contributed by atoms with E-state index >= 15 is 0 Å². The SMILES string of the molecule is Cc1nn(C(=O)c2ccc(NC(=O)C3CC3)cc2)c(C)c1C. The van der Waals surface area contributed by atoms with Crippen LogP contribution in [0.5, 0.6) is 0 Å². The predicted octanol–water partition coefficient (Wildman–Crippen LogP) is 2.85. The van der Waals surface area contributed by atoms with Crippen LogP contribution in [0.1, 0.15) is 40.2 Å². The van der Waals surface area contributed by atoms with E-state index < -0.39 is 0 Å². The van der Waals surface area contributed by atoms with Crippen molar-refractivity contribution >= 4 is 17.5 Å². The Kier molecular flexibility index (Phi) is 3.56. The third kappa shape index (κ3) is 2.66. The lowest BCUT2D eigenvalue weighted by molar-refractivity contribution is -0.117. The summed E-state index contributed by atoms with van der Waals surface area (Å²) in [5.74, 6) is 0.0704. The zero-order chi connectivity index (χ0) is 15.9. The molecule has 1 aliphatic carbocycles. The molecule has 1 aliphatic rings. The molecule has 1 aromatic heterocycles. The summed E-state index contributed by atoms with van der Waals surface area (Å²) in [4.78, 5) is 24.2. The number of rotatable bonds is 3. The Labute approximate surface area is 129 Å². The van der Waals surface area contributed by atoms with Gasteiger partial charge in [0.15, 0.2) is 0 Å². The van der Waals surface area contributed by atoms with Crippen LogP contribution in [0.15, 0.2) is 24.3 Å². The Balaban J connectivity index is 1.78. The zero-order valence-corrected chi connectivity index (χ0v) is 13.0. The highest BCUT2D eigenvalue weighted by atomic mass is 16.2. The second-order valence-electron chi connectivity index (χ2n) is 5.85. The smallest absolute Gasteiger partial charge is 0.278 e. The highest BCUT2D eigenvalue weighted by Gasteiger charge is 2.29. The average molecular weight is 297 g/mol. The summed E-state index contributed by atoms with van der Waals surface area (Å²) in [6.45, 7) is 5.73. The molecule has 114 valence electrons. The molecule has 1 saturated carbocycles. The van der Waals surface area contributed by atoms with Crippen molar-refractivity contribution in [2.45, 2.75) is 33.6 Å². The van der Waals surface area contributed by atoms with Gasteiger partial charge in [0.25, 0.3) is 5.91 Å². The van der Waals surface area contributed by atoms with Gasteiger partial charge in [-0.1, -0.05) is 0 Å². The van der Waals surface area contributed by atoms with Gasteiger partial charge in [0.1, 0.15) is 0 Å². The van der Waals surface area contributed by atoms with Crippen LogP contribution in [0.3, 0.4) is 0 Å². The van der Waals surface area contributed by atoms with Gasteiger partial charge in [0, 0.05) is 22.9 Å². The Morgan fingerprint density at radius 2 is 1.77 bits per heavy atom. The number of carbonyl (C=O) groups is 2. The molecule has 0 radical (unpaired) electrons. The fourth-order valence-electron chi connectivity index (χ4n) is 2.33. The number of hydrogen-bond acceptors (Lipinski definition) is 3. The van der Waals surface area contributed by atoms with Crippen molar-refractivity contribution in [2.75, 3.05) is 5.32 Å². The Morgan fingerprint density at radius 1 is 1.14 bits per heavy atom. The first kappa shape index (κ1) is 14.5. The Bertz CT molecular complexity index is 740. The molecule has 0 aliphatic heterocycles. The van der Waals surface area contributed by atoms with E-state index in [1.807, 2.05) is 20.8 Å². The molecular weight excluding hydrogens is 278 g/mol. The minimum Gasteiger partial charge on any atom is -0.326 e. The van der Waals surface area contributed by atoms with Crippen LogP contribution in [-0.2, 0) is 4.79 Å². The molecule has 1 heterocycles. The molecule has 3 rings (SSSR count). The summed E-state index contributed by atoms with van der Waals surface area (Å²) in [7, 11) is 0. The fourth-order valence-corrected chi connectivity index (χ4v) is 2.33. The van der Waals surface area contributed by atoms with E-state index in [2.05, 4.69) is 10.4 Å². The van der Waals surface area contributed by atoms with Crippen molar-refractivity contribution < 1.29 is 9.59 Å². The van der Waals surface area contributed by atoms with Gasteiger partial charge in [-0.15, -0.1) is 0 Å². The number of amides is 1. The lowest BCUT2D eigenvalue weighted by atomic mass is 10.2. The maximum absolute atomic E-state index is 12.5. The number of benzene rings is 1. The topological polar surface area (TPSA) is 64.0 Å². The van der Waals surface area contributed by atoms with E-state index in [1.54, 1.807) is 24.3 Å². The summed E-state index contributed by atoms with van der Waals surface area (Å²) in [6, 6.07) is 6.95. The maximum atomic E-state index is 12.5. The molecule has 0 atom stereocenters. The molecule has 1 amide bonds. The number of aryl methyl sites for hydroxylation is 1. The highest BCUT2D eigenvalue weighted by Crippen LogP contribution is 2.30. The average Bonchev–Trinajstić information content (AvgIpc) is 3.32. The number of aromatic nitrogens is 2. The maximum Gasteiger partial charge on any atom is 0.278 e. The van der Waals surface area contributed by atoms with Gasteiger partial charge in [-0.3, -0.25) is 9.59 Å². The first-order chi connectivity index (χ1) is 10.5. The van der Waals surface area contributed by atoms with Crippen LogP contribution in [0.4, 0.5) is 5.69 Å². The van der Waals surface area contributed by atoms with Gasteiger partial charge >= 0.3 is 0 Å². The summed E-state index contributed by atoms with van der Waals surface area (Å²) in [6.07, 6.45) is 1.94. The molecule has 0 spiro atoms. The molecule has 0 unspecified atom stereocenters. The van der Waals surface area contributed by atoms with Crippen molar-refractivity contribution in [2.24, 2.45) is 5.92 Å². The minimum atomic E-state index is -0.159. The molecule has 1 aromatic carbocycles. The van der Waals surface area contributed by atoms with Gasteiger partial charge in [0.2, 0.25) is 5.91 Å². The van der Waals surface area contributed by atoms with Gasteiger partial charge in [-0.05, 0) is 63.4 Å². The van der Waals surface area contributed by atoms with Gasteiger partial charge in [0.05, 0.1) is 5.69 Å². The van der Waals surface area contributed by atoms with Crippen LogP contribution < -0.4 is 5.32 Å². The van der Waals surface area contributed by atoms with Gasteiger partial charge in [-0.2, -0.15) is 5.10 Å². The summed E-state index contributed by atoms with van der Waals surface area (Å²) >= 11 is 0. The Hall–Kier alpha value is -2.43. The summed E-state index contributed by atoms with van der Waals surface area (Å²) in [5, 5.41) is 7.15. The van der Waals surface area contributed by atoms with Crippen molar-refractivity contribution in [3.05, 3.63) is 46.8 Å². The third-order valence-electron chi connectivity index (χ3n) is 4.19. The van der Waals surface area contributed by atoms with E-state index in [9.17, 15) is 9.59 Å². The van der Waals surface area contributed by atoms with Crippen LogP contribution in [0.25, 0.3) is 0 Å². The lowest BCUT2D eigenvalue weighted by Gasteiger charge is -2.06. The predicted molar refractivity (Wildman–Crippen MR) is 84.0 cm³/mol. The van der Waals surface area contributed by atoms with Crippen molar-refractivity contribution in [1.29, 1.82) is 0 Å². The second-order valence-corrected chi connectivity index (χ2v) is 5.85. The highest BCUT2D eigenvalue weighted by molar-refractivity contribution is 5.97. The standard InChI is InChI=1S/C17H19N3O2/c1-10-11(2)19-20(12(10)3)17(22)14-6-8-15(9-7-14)18-16(21)13-4-5-13/h6-9,13H,4-5H2,1-3H3,(H,18,21).